The van der Waals surface area contributed by atoms with Crippen LogP contribution >= 0.6 is 0 Å². The third-order valence-electron chi connectivity index (χ3n) is 3.02. The zero-order valence-corrected chi connectivity index (χ0v) is 11.3. The van der Waals surface area contributed by atoms with Gasteiger partial charge in [-0.25, -0.2) is 4.39 Å². The summed E-state index contributed by atoms with van der Waals surface area (Å²) < 4.78 is 18.9. The maximum Gasteiger partial charge on any atom is 0.167 e. The largest absolute Gasteiger partial charge is 0.491 e. The van der Waals surface area contributed by atoms with Crippen molar-refractivity contribution < 1.29 is 14.2 Å². The van der Waals surface area contributed by atoms with Crippen molar-refractivity contribution in [2.45, 2.75) is 20.3 Å². The molecule has 0 heterocycles. The van der Waals surface area contributed by atoms with Crippen LogP contribution in [0.3, 0.4) is 0 Å². The Morgan fingerprint density at radius 2 is 2.11 bits per heavy atom. The first-order valence-electron chi connectivity index (χ1n) is 6.36. The summed E-state index contributed by atoms with van der Waals surface area (Å²) in [6.07, 6.45) is 0.903. The molecule has 3 nitrogen and oxygen atoms in total. The van der Waals surface area contributed by atoms with Crippen LogP contribution in [0.1, 0.15) is 20.3 Å². The fraction of sp³-hybridized carbons (Fsp3) is 0.571. The van der Waals surface area contributed by atoms with Gasteiger partial charge in [-0.05, 0) is 31.4 Å². The van der Waals surface area contributed by atoms with Crippen molar-refractivity contribution in [3.63, 3.8) is 0 Å². The molecule has 0 aliphatic carbocycles. The Morgan fingerprint density at radius 1 is 1.39 bits per heavy atom. The van der Waals surface area contributed by atoms with E-state index in [-0.39, 0.29) is 24.1 Å². The number of anilines is 1. The zero-order chi connectivity index (χ0) is 13.5. The Kier molecular flexibility index (Phi) is 5.92. The van der Waals surface area contributed by atoms with E-state index in [4.69, 9.17) is 9.84 Å². The molecule has 0 saturated carbocycles. The predicted octanol–water partition coefficient (Wildman–Crippen LogP) is 2.68. The summed E-state index contributed by atoms with van der Waals surface area (Å²) in [4.78, 5) is 1.95. The summed E-state index contributed by atoms with van der Waals surface area (Å²) in [6, 6.07) is 4.94. The molecular formula is C14H22FNO2. The van der Waals surface area contributed by atoms with Crippen molar-refractivity contribution in [2.24, 2.45) is 5.92 Å². The van der Waals surface area contributed by atoms with Crippen LogP contribution in [0, 0.1) is 11.7 Å². The average molecular weight is 255 g/mol. The van der Waals surface area contributed by atoms with Gasteiger partial charge in [-0.15, -0.1) is 0 Å². The summed E-state index contributed by atoms with van der Waals surface area (Å²) in [5, 5.41) is 9.17. The first-order valence-corrected chi connectivity index (χ1v) is 6.36. The minimum Gasteiger partial charge on any atom is -0.491 e. The Labute approximate surface area is 108 Å². The van der Waals surface area contributed by atoms with E-state index in [0.717, 1.165) is 12.1 Å². The van der Waals surface area contributed by atoms with Crippen LogP contribution in [0.25, 0.3) is 0 Å². The lowest BCUT2D eigenvalue weighted by atomic mass is 10.1. The summed E-state index contributed by atoms with van der Waals surface area (Å²) in [7, 11) is 1.90. The van der Waals surface area contributed by atoms with Gasteiger partial charge < -0.3 is 14.7 Å². The molecule has 1 unspecified atom stereocenters. The topological polar surface area (TPSA) is 32.7 Å². The normalized spacial score (nSPS) is 12.3. The van der Waals surface area contributed by atoms with Gasteiger partial charge in [-0.1, -0.05) is 6.92 Å². The minimum atomic E-state index is -0.349. The molecule has 4 heteroatoms. The van der Waals surface area contributed by atoms with Gasteiger partial charge in [0.15, 0.2) is 11.6 Å². The highest BCUT2D eigenvalue weighted by Crippen LogP contribution is 2.23. The molecule has 1 aromatic rings. The lowest BCUT2D eigenvalue weighted by molar-refractivity contribution is 0.225. The molecule has 0 spiro atoms. The maximum atomic E-state index is 13.7. The first kappa shape index (κ1) is 14.8. The highest BCUT2D eigenvalue weighted by Gasteiger charge is 2.11. The number of nitrogens with zero attached hydrogens (tertiary/aromatic N) is 1. The third-order valence-corrected chi connectivity index (χ3v) is 3.02. The zero-order valence-electron chi connectivity index (χ0n) is 11.3. The van der Waals surface area contributed by atoms with Crippen molar-refractivity contribution in [1.29, 1.82) is 0 Å². The van der Waals surface area contributed by atoms with E-state index in [1.165, 1.54) is 6.07 Å². The van der Waals surface area contributed by atoms with Crippen molar-refractivity contribution in [3.8, 4) is 5.75 Å². The quantitative estimate of drug-likeness (QED) is 0.813. The standard InChI is InChI=1S/C14H22FNO2/c1-4-11(10-17)9-16(3)12-6-7-14(18-5-2)13(15)8-12/h6-8,11,17H,4-5,9-10H2,1-3H3. The van der Waals surface area contributed by atoms with Crippen LogP contribution in [0.5, 0.6) is 5.75 Å². The molecule has 1 rings (SSSR count). The predicted molar refractivity (Wildman–Crippen MR) is 71.7 cm³/mol. The molecule has 1 atom stereocenters. The fourth-order valence-electron chi connectivity index (χ4n) is 1.81. The number of ether oxygens (including phenoxy) is 1. The number of rotatable bonds is 7. The number of halogens is 1. The summed E-state index contributed by atoms with van der Waals surface area (Å²) in [5.74, 6) is 0.145. The molecule has 0 aromatic heterocycles. The number of hydrogen-bond donors (Lipinski definition) is 1. The highest BCUT2D eigenvalue weighted by atomic mass is 19.1. The average Bonchev–Trinajstić information content (AvgIpc) is 2.38. The molecule has 1 N–H and O–H groups in total. The van der Waals surface area contributed by atoms with E-state index in [1.54, 1.807) is 6.07 Å². The van der Waals surface area contributed by atoms with Crippen LogP contribution in [0.4, 0.5) is 10.1 Å². The molecule has 18 heavy (non-hydrogen) atoms. The molecule has 0 fully saturated rings. The smallest absolute Gasteiger partial charge is 0.167 e. The number of aliphatic hydroxyl groups excluding tert-OH is 1. The van der Waals surface area contributed by atoms with Gasteiger partial charge in [0.05, 0.1) is 6.61 Å². The Balaban J connectivity index is 2.74. The lowest BCUT2D eigenvalue weighted by Gasteiger charge is -2.24. The van der Waals surface area contributed by atoms with Gasteiger partial charge in [0.2, 0.25) is 0 Å². The molecular weight excluding hydrogens is 233 g/mol. The molecule has 0 aliphatic heterocycles. The Hall–Kier alpha value is -1.29. The van der Waals surface area contributed by atoms with Crippen molar-refractivity contribution in [1.82, 2.24) is 0 Å². The molecule has 1 aromatic carbocycles. The van der Waals surface area contributed by atoms with E-state index in [0.29, 0.717) is 13.2 Å². The monoisotopic (exact) mass is 255 g/mol. The van der Waals surface area contributed by atoms with Gasteiger partial charge >= 0.3 is 0 Å². The van der Waals surface area contributed by atoms with Crippen LogP contribution in [-0.4, -0.2) is 31.9 Å². The van der Waals surface area contributed by atoms with Crippen molar-refractivity contribution in [3.05, 3.63) is 24.0 Å². The lowest BCUT2D eigenvalue weighted by Crippen LogP contribution is -2.27. The van der Waals surface area contributed by atoms with Crippen LogP contribution < -0.4 is 9.64 Å². The van der Waals surface area contributed by atoms with Gasteiger partial charge in [-0.2, -0.15) is 0 Å². The molecule has 0 saturated heterocycles. The molecule has 0 radical (unpaired) electrons. The van der Waals surface area contributed by atoms with Crippen LogP contribution in [0.15, 0.2) is 18.2 Å². The number of benzene rings is 1. The van der Waals surface area contributed by atoms with E-state index in [2.05, 4.69) is 0 Å². The molecule has 0 aliphatic rings. The SMILES string of the molecule is CCOc1ccc(N(C)CC(CC)CO)cc1F. The van der Waals surface area contributed by atoms with E-state index < -0.39 is 0 Å². The number of hydrogen-bond acceptors (Lipinski definition) is 3. The molecule has 0 amide bonds. The van der Waals surface area contributed by atoms with E-state index >= 15 is 0 Å². The third kappa shape index (κ3) is 3.88. The Bertz CT molecular complexity index is 367. The summed E-state index contributed by atoms with van der Waals surface area (Å²) in [6.45, 7) is 5.18. The van der Waals surface area contributed by atoms with Crippen LogP contribution in [0.2, 0.25) is 0 Å². The molecule has 102 valence electrons. The first-order chi connectivity index (χ1) is 8.62. The Morgan fingerprint density at radius 3 is 2.61 bits per heavy atom. The van der Waals surface area contributed by atoms with Crippen molar-refractivity contribution >= 4 is 5.69 Å². The second-order valence-electron chi connectivity index (χ2n) is 4.39. The second-order valence-corrected chi connectivity index (χ2v) is 4.39. The van der Waals surface area contributed by atoms with Gasteiger partial charge in [0.1, 0.15) is 0 Å². The number of aliphatic hydroxyl groups is 1. The highest BCUT2D eigenvalue weighted by molar-refractivity contribution is 5.49. The van der Waals surface area contributed by atoms with E-state index in [9.17, 15) is 4.39 Å². The van der Waals surface area contributed by atoms with Gasteiger partial charge in [0, 0.05) is 32.0 Å². The maximum absolute atomic E-state index is 13.7. The fourth-order valence-corrected chi connectivity index (χ4v) is 1.81. The van der Waals surface area contributed by atoms with Gasteiger partial charge in [-0.3, -0.25) is 0 Å². The molecule has 0 bridgehead atoms. The van der Waals surface area contributed by atoms with Crippen molar-refractivity contribution in [2.75, 3.05) is 31.7 Å². The van der Waals surface area contributed by atoms with Gasteiger partial charge in [0.25, 0.3) is 0 Å². The van der Waals surface area contributed by atoms with E-state index in [1.807, 2.05) is 31.9 Å². The van der Waals surface area contributed by atoms with Crippen LogP contribution in [-0.2, 0) is 0 Å². The summed E-state index contributed by atoms with van der Waals surface area (Å²) >= 11 is 0. The minimum absolute atomic E-state index is 0.153. The second kappa shape index (κ2) is 7.21. The summed E-state index contributed by atoms with van der Waals surface area (Å²) in [5.41, 5.74) is 0.794.